The predicted molar refractivity (Wildman–Crippen MR) is 106 cm³/mol. The molecule has 0 aliphatic carbocycles. The largest absolute Gasteiger partial charge is 0.508 e. The number of phenolic OH excluding ortho intramolecular Hbond substituents is 1. The Morgan fingerprint density at radius 1 is 1.00 bits per heavy atom. The molecule has 26 heavy (non-hydrogen) atoms. The standard InChI is InChI=1S/C17H20N4O3S2/c18-26(23,24)16-7-1-13(2-8-16)19-17(25)21-11-9-20(10-12-21)14-3-5-15(22)6-4-14/h1-8,22H,9-12H2,(H,19,25)(H2,18,23,24). The molecular formula is C17H20N4O3S2. The molecule has 1 aliphatic rings. The van der Waals surface area contributed by atoms with Crippen LogP contribution in [0.1, 0.15) is 0 Å². The monoisotopic (exact) mass is 392 g/mol. The van der Waals surface area contributed by atoms with Crippen molar-refractivity contribution in [3.05, 3.63) is 48.5 Å². The maximum atomic E-state index is 11.3. The molecule has 0 saturated carbocycles. The van der Waals surface area contributed by atoms with Gasteiger partial charge in [-0.25, -0.2) is 13.6 Å². The predicted octanol–water partition coefficient (Wildman–Crippen LogP) is 1.56. The van der Waals surface area contributed by atoms with Crippen molar-refractivity contribution in [2.75, 3.05) is 36.4 Å². The van der Waals surface area contributed by atoms with Crippen molar-refractivity contribution in [3.63, 3.8) is 0 Å². The smallest absolute Gasteiger partial charge is 0.238 e. The molecule has 0 radical (unpaired) electrons. The van der Waals surface area contributed by atoms with Gasteiger partial charge < -0.3 is 20.2 Å². The quantitative estimate of drug-likeness (QED) is 0.682. The lowest BCUT2D eigenvalue weighted by Crippen LogP contribution is -2.50. The third-order valence-corrected chi connectivity index (χ3v) is 5.51. The van der Waals surface area contributed by atoms with Gasteiger partial charge in [0.05, 0.1) is 4.90 Å². The van der Waals surface area contributed by atoms with Crippen molar-refractivity contribution in [2.45, 2.75) is 4.90 Å². The lowest BCUT2D eigenvalue weighted by Gasteiger charge is -2.37. The van der Waals surface area contributed by atoms with E-state index in [1.807, 2.05) is 12.1 Å². The Morgan fingerprint density at radius 3 is 2.12 bits per heavy atom. The highest BCUT2D eigenvalue weighted by molar-refractivity contribution is 7.89. The highest BCUT2D eigenvalue weighted by Crippen LogP contribution is 2.20. The van der Waals surface area contributed by atoms with Crippen LogP contribution in [0.5, 0.6) is 5.75 Å². The Kier molecular flexibility index (Phi) is 5.30. The maximum absolute atomic E-state index is 11.3. The number of piperazine rings is 1. The van der Waals surface area contributed by atoms with Gasteiger partial charge in [-0.3, -0.25) is 0 Å². The number of primary sulfonamides is 1. The summed E-state index contributed by atoms with van der Waals surface area (Å²) in [5.41, 5.74) is 1.78. The van der Waals surface area contributed by atoms with Crippen LogP contribution in [-0.4, -0.2) is 49.7 Å². The number of nitrogens with zero attached hydrogens (tertiary/aromatic N) is 2. The molecule has 3 rings (SSSR count). The number of anilines is 2. The van der Waals surface area contributed by atoms with Crippen LogP contribution in [0.3, 0.4) is 0 Å². The second-order valence-electron chi connectivity index (χ2n) is 5.99. The van der Waals surface area contributed by atoms with Crippen LogP contribution in [0.2, 0.25) is 0 Å². The second-order valence-corrected chi connectivity index (χ2v) is 7.94. The first-order valence-corrected chi connectivity index (χ1v) is 10.0. The molecule has 0 amide bonds. The molecule has 1 saturated heterocycles. The van der Waals surface area contributed by atoms with Crippen LogP contribution in [0.4, 0.5) is 11.4 Å². The van der Waals surface area contributed by atoms with E-state index in [-0.39, 0.29) is 10.6 Å². The van der Waals surface area contributed by atoms with Gasteiger partial charge in [-0.05, 0) is 60.7 Å². The minimum atomic E-state index is -3.70. The third kappa shape index (κ3) is 4.43. The number of rotatable bonds is 3. The van der Waals surface area contributed by atoms with Crippen molar-refractivity contribution in [1.82, 2.24) is 4.90 Å². The van der Waals surface area contributed by atoms with Gasteiger partial charge in [0, 0.05) is 37.6 Å². The Morgan fingerprint density at radius 2 is 1.58 bits per heavy atom. The van der Waals surface area contributed by atoms with Crippen LogP contribution in [0, 0.1) is 0 Å². The van der Waals surface area contributed by atoms with Gasteiger partial charge in [0.25, 0.3) is 0 Å². The van der Waals surface area contributed by atoms with Crippen LogP contribution in [-0.2, 0) is 10.0 Å². The zero-order valence-corrected chi connectivity index (χ0v) is 15.6. The summed E-state index contributed by atoms with van der Waals surface area (Å²) in [7, 11) is -3.70. The van der Waals surface area contributed by atoms with Gasteiger partial charge >= 0.3 is 0 Å². The molecule has 4 N–H and O–H groups in total. The SMILES string of the molecule is NS(=O)(=O)c1ccc(NC(=S)N2CCN(c3ccc(O)cc3)CC2)cc1. The van der Waals surface area contributed by atoms with Crippen molar-refractivity contribution in [3.8, 4) is 5.75 Å². The Bertz CT molecular complexity index is 875. The molecule has 1 heterocycles. The summed E-state index contributed by atoms with van der Waals surface area (Å²) in [5, 5.41) is 18.2. The molecule has 2 aromatic carbocycles. The minimum Gasteiger partial charge on any atom is -0.508 e. The highest BCUT2D eigenvalue weighted by atomic mass is 32.2. The molecule has 138 valence electrons. The lowest BCUT2D eigenvalue weighted by molar-refractivity contribution is 0.391. The number of sulfonamides is 1. The number of aromatic hydroxyl groups is 1. The summed E-state index contributed by atoms with van der Waals surface area (Å²) in [4.78, 5) is 4.37. The first kappa shape index (κ1) is 18.4. The van der Waals surface area contributed by atoms with Gasteiger partial charge in [0.1, 0.15) is 5.75 Å². The summed E-state index contributed by atoms with van der Waals surface area (Å²) in [6.45, 7) is 3.16. The number of phenols is 1. The molecule has 7 nitrogen and oxygen atoms in total. The molecule has 0 aromatic heterocycles. The average molecular weight is 393 g/mol. The fourth-order valence-electron chi connectivity index (χ4n) is 2.76. The molecular weight excluding hydrogens is 372 g/mol. The Hall–Kier alpha value is -2.36. The number of hydrogen-bond acceptors (Lipinski definition) is 5. The van der Waals surface area contributed by atoms with E-state index in [9.17, 15) is 13.5 Å². The van der Waals surface area contributed by atoms with Crippen LogP contribution >= 0.6 is 12.2 Å². The zero-order chi connectivity index (χ0) is 18.7. The van der Waals surface area contributed by atoms with E-state index < -0.39 is 10.0 Å². The molecule has 0 atom stereocenters. The number of nitrogens with two attached hydrogens (primary N) is 1. The maximum Gasteiger partial charge on any atom is 0.238 e. The van der Waals surface area contributed by atoms with Crippen molar-refractivity contribution in [2.24, 2.45) is 5.14 Å². The Labute approximate surface area is 158 Å². The summed E-state index contributed by atoms with van der Waals surface area (Å²) in [6.07, 6.45) is 0. The van der Waals surface area contributed by atoms with Crippen molar-refractivity contribution >= 4 is 38.7 Å². The summed E-state index contributed by atoms with van der Waals surface area (Å²) < 4.78 is 22.6. The highest BCUT2D eigenvalue weighted by Gasteiger charge is 2.19. The average Bonchev–Trinajstić information content (AvgIpc) is 2.62. The van der Waals surface area contributed by atoms with E-state index in [0.717, 1.165) is 31.9 Å². The van der Waals surface area contributed by atoms with E-state index in [4.69, 9.17) is 17.4 Å². The van der Waals surface area contributed by atoms with Gasteiger partial charge in [0.2, 0.25) is 10.0 Å². The fraction of sp³-hybridized carbons (Fsp3) is 0.235. The number of hydrogen-bond donors (Lipinski definition) is 3. The van der Waals surface area contributed by atoms with Gasteiger partial charge in [-0.15, -0.1) is 0 Å². The van der Waals surface area contributed by atoms with E-state index >= 15 is 0 Å². The first-order chi connectivity index (χ1) is 12.3. The minimum absolute atomic E-state index is 0.0662. The fourth-order valence-corrected chi connectivity index (χ4v) is 3.58. The van der Waals surface area contributed by atoms with E-state index in [2.05, 4.69) is 15.1 Å². The van der Waals surface area contributed by atoms with Crippen molar-refractivity contribution < 1.29 is 13.5 Å². The van der Waals surface area contributed by atoms with Crippen LogP contribution < -0.4 is 15.4 Å². The van der Waals surface area contributed by atoms with Gasteiger partial charge in [-0.1, -0.05) is 0 Å². The van der Waals surface area contributed by atoms with Crippen LogP contribution in [0.15, 0.2) is 53.4 Å². The Balaban J connectivity index is 1.56. The van der Waals surface area contributed by atoms with E-state index in [1.54, 1.807) is 24.3 Å². The molecule has 0 spiro atoms. The molecule has 0 bridgehead atoms. The summed E-state index contributed by atoms with van der Waals surface area (Å²) in [5.74, 6) is 0.256. The first-order valence-electron chi connectivity index (χ1n) is 8.06. The van der Waals surface area contributed by atoms with Crippen molar-refractivity contribution in [1.29, 1.82) is 0 Å². The van der Waals surface area contributed by atoms with E-state index in [0.29, 0.717) is 10.8 Å². The number of thiocarbonyl (C=S) groups is 1. The summed E-state index contributed by atoms with van der Waals surface area (Å²) >= 11 is 5.46. The van der Waals surface area contributed by atoms with Crippen LogP contribution in [0.25, 0.3) is 0 Å². The molecule has 1 aliphatic heterocycles. The van der Waals surface area contributed by atoms with Gasteiger partial charge in [0.15, 0.2) is 5.11 Å². The topological polar surface area (TPSA) is 98.9 Å². The number of benzene rings is 2. The zero-order valence-electron chi connectivity index (χ0n) is 14.0. The third-order valence-electron chi connectivity index (χ3n) is 4.22. The number of nitrogens with one attached hydrogen (secondary N) is 1. The lowest BCUT2D eigenvalue weighted by atomic mass is 10.2. The second kappa shape index (κ2) is 7.48. The molecule has 0 unspecified atom stereocenters. The summed E-state index contributed by atoms with van der Waals surface area (Å²) in [6, 6.07) is 13.3. The normalized spacial score (nSPS) is 15.0. The van der Waals surface area contributed by atoms with E-state index in [1.165, 1.54) is 12.1 Å². The van der Waals surface area contributed by atoms with Gasteiger partial charge in [-0.2, -0.15) is 0 Å². The molecule has 1 fully saturated rings. The molecule has 9 heteroatoms. The molecule has 2 aromatic rings.